The van der Waals surface area contributed by atoms with Crippen molar-refractivity contribution in [2.75, 3.05) is 18.1 Å². The van der Waals surface area contributed by atoms with E-state index in [9.17, 15) is 9.59 Å². The van der Waals surface area contributed by atoms with Gasteiger partial charge in [0.1, 0.15) is 0 Å². The number of hydrogen-bond donors (Lipinski definition) is 2. The summed E-state index contributed by atoms with van der Waals surface area (Å²) in [5.41, 5.74) is 3.14. The number of thioether (sulfide) groups is 1. The second-order valence-corrected chi connectivity index (χ2v) is 6.75. The summed E-state index contributed by atoms with van der Waals surface area (Å²) < 4.78 is 0. The van der Waals surface area contributed by atoms with Crippen molar-refractivity contribution in [1.29, 1.82) is 0 Å². The van der Waals surface area contributed by atoms with Crippen molar-refractivity contribution < 1.29 is 14.7 Å². The van der Waals surface area contributed by atoms with E-state index < -0.39 is 5.97 Å². The summed E-state index contributed by atoms with van der Waals surface area (Å²) in [6, 6.07) is 10.0. The van der Waals surface area contributed by atoms with Crippen LogP contribution >= 0.6 is 23.1 Å². The molecule has 0 fully saturated rings. The van der Waals surface area contributed by atoms with Gasteiger partial charge in [0, 0.05) is 17.9 Å². The van der Waals surface area contributed by atoms with Gasteiger partial charge in [-0.05, 0) is 23.9 Å². The molecule has 0 saturated heterocycles. The molecular weight excluding hydrogens is 318 g/mol. The van der Waals surface area contributed by atoms with E-state index in [1.54, 1.807) is 0 Å². The van der Waals surface area contributed by atoms with Crippen LogP contribution in [0.3, 0.4) is 0 Å². The number of thiophene rings is 1. The number of rotatable bonds is 7. The quantitative estimate of drug-likeness (QED) is 0.762. The highest BCUT2D eigenvalue weighted by atomic mass is 32.2. The summed E-state index contributed by atoms with van der Waals surface area (Å²) in [6.45, 7) is 2.49. The maximum absolute atomic E-state index is 12.2. The Hall–Kier alpha value is -1.79. The predicted octanol–water partition coefficient (Wildman–Crippen LogP) is 3.27. The molecule has 1 heterocycles. The third-order valence-electron chi connectivity index (χ3n) is 2.99. The second-order valence-electron chi connectivity index (χ2n) is 4.73. The summed E-state index contributed by atoms with van der Waals surface area (Å²) in [5, 5.41) is 13.3. The van der Waals surface area contributed by atoms with E-state index in [0.29, 0.717) is 17.2 Å². The molecule has 0 atom stereocenters. The number of amides is 1. The van der Waals surface area contributed by atoms with Gasteiger partial charge in [0.15, 0.2) is 0 Å². The van der Waals surface area contributed by atoms with Crippen LogP contribution in [0.5, 0.6) is 0 Å². The van der Waals surface area contributed by atoms with Crippen LogP contribution in [0.25, 0.3) is 11.1 Å². The summed E-state index contributed by atoms with van der Waals surface area (Å²) in [4.78, 5) is 23.3. The van der Waals surface area contributed by atoms with E-state index in [-0.39, 0.29) is 11.7 Å². The average molecular weight is 335 g/mol. The summed E-state index contributed by atoms with van der Waals surface area (Å²) >= 11 is 2.70. The van der Waals surface area contributed by atoms with Gasteiger partial charge in [-0.15, -0.1) is 23.1 Å². The predicted molar refractivity (Wildman–Crippen MR) is 91.8 cm³/mol. The molecule has 1 amide bonds. The van der Waals surface area contributed by atoms with E-state index >= 15 is 0 Å². The highest BCUT2D eigenvalue weighted by Crippen LogP contribution is 2.28. The molecule has 6 heteroatoms. The van der Waals surface area contributed by atoms with Gasteiger partial charge in [0.2, 0.25) is 0 Å². The smallest absolute Gasteiger partial charge is 0.313 e. The van der Waals surface area contributed by atoms with Gasteiger partial charge in [0.05, 0.1) is 10.6 Å². The highest BCUT2D eigenvalue weighted by Gasteiger charge is 2.14. The number of carboxylic acid groups (broad SMARTS) is 1. The van der Waals surface area contributed by atoms with Gasteiger partial charge >= 0.3 is 5.97 Å². The Morgan fingerprint density at radius 1 is 1.23 bits per heavy atom. The van der Waals surface area contributed by atoms with Gasteiger partial charge < -0.3 is 10.4 Å². The van der Waals surface area contributed by atoms with Crippen molar-refractivity contribution >= 4 is 35.0 Å². The maximum Gasteiger partial charge on any atom is 0.313 e. The number of aliphatic carboxylic acids is 1. The van der Waals surface area contributed by atoms with Gasteiger partial charge in [-0.3, -0.25) is 9.59 Å². The standard InChI is InChI=1S/C16H17NO3S2/c1-11-2-4-12(5-3-11)13-6-8-22-15(13)16(20)17-7-9-21-10-14(18)19/h2-6,8H,7,9-10H2,1H3,(H,17,20)(H,18,19). The number of carbonyl (C=O) groups excluding carboxylic acids is 1. The molecule has 0 aliphatic carbocycles. The Morgan fingerprint density at radius 2 is 1.95 bits per heavy atom. The van der Waals surface area contributed by atoms with Gasteiger partial charge in [0.25, 0.3) is 5.91 Å². The Labute approximate surface area is 137 Å². The molecule has 0 radical (unpaired) electrons. The number of nitrogens with one attached hydrogen (secondary N) is 1. The van der Waals surface area contributed by atoms with Crippen LogP contribution in [0.15, 0.2) is 35.7 Å². The first kappa shape index (κ1) is 16.6. The molecular formula is C16H17NO3S2. The van der Waals surface area contributed by atoms with Crippen LogP contribution < -0.4 is 5.32 Å². The first-order valence-corrected chi connectivity index (χ1v) is 8.83. The molecule has 0 unspecified atom stereocenters. The lowest BCUT2D eigenvalue weighted by atomic mass is 10.0. The number of benzene rings is 1. The molecule has 116 valence electrons. The van der Waals surface area contributed by atoms with E-state index in [4.69, 9.17) is 5.11 Å². The van der Waals surface area contributed by atoms with Crippen LogP contribution in [0, 0.1) is 6.92 Å². The summed E-state index contributed by atoms with van der Waals surface area (Å²) in [7, 11) is 0. The molecule has 0 bridgehead atoms. The molecule has 1 aromatic carbocycles. The topological polar surface area (TPSA) is 66.4 Å². The Morgan fingerprint density at radius 3 is 2.64 bits per heavy atom. The average Bonchev–Trinajstić information content (AvgIpc) is 2.96. The SMILES string of the molecule is Cc1ccc(-c2ccsc2C(=O)NCCSCC(=O)O)cc1. The number of aryl methyl sites for hydroxylation is 1. The van der Waals surface area contributed by atoms with Gasteiger partial charge in [-0.25, -0.2) is 0 Å². The highest BCUT2D eigenvalue weighted by molar-refractivity contribution is 7.99. The van der Waals surface area contributed by atoms with E-state index in [0.717, 1.165) is 11.1 Å². The van der Waals surface area contributed by atoms with Crippen LogP contribution in [-0.2, 0) is 4.79 Å². The molecule has 2 rings (SSSR count). The van der Waals surface area contributed by atoms with Crippen molar-refractivity contribution in [2.24, 2.45) is 0 Å². The van der Waals surface area contributed by atoms with Crippen LogP contribution in [-0.4, -0.2) is 35.0 Å². The van der Waals surface area contributed by atoms with Crippen molar-refractivity contribution in [3.63, 3.8) is 0 Å². The minimum atomic E-state index is -0.837. The lowest BCUT2D eigenvalue weighted by molar-refractivity contribution is -0.133. The van der Waals surface area contributed by atoms with Crippen molar-refractivity contribution in [3.05, 3.63) is 46.2 Å². The Balaban J connectivity index is 1.95. The zero-order valence-corrected chi connectivity index (χ0v) is 13.8. The Bertz CT molecular complexity index is 650. The lowest BCUT2D eigenvalue weighted by Crippen LogP contribution is -2.25. The zero-order chi connectivity index (χ0) is 15.9. The van der Waals surface area contributed by atoms with Crippen molar-refractivity contribution in [3.8, 4) is 11.1 Å². The molecule has 2 N–H and O–H groups in total. The third-order valence-corrected chi connectivity index (χ3v) is 4.85. The molecule has 0 saturated carbocycles. The normalized spacial score (nSPS) is 10.4. The Kier molecular flexibility index (Phi) is 6.03. The minimum absolute atomic E-state index is 0.0590. The fourth-order valence-electron chi connectivity index (χ4n) is 1.92. The van der Waals surface area contributed by atoms with Crippen molar-refractivity contribution in [1.82, 2.24) is 5.32 Å². The first-order valence-electron chi connectivity index (χ1n) is 6.80. The van der Waals surface area contributed by atoms with Gasteiger partial charge in [-0.1, -0.05) is 29.8 Å². The van der Waals surface area contributed by atoms with E-state index in [1.165, 1.54) is 28.7 Å². The molecule has 0 aliphatic rings. The second kappa shape index (κ2) is 8.00. The number of carboxylic acids is 1. The molecule has 1 aromatic heterocycles. The fourth-order valence-corrected chi connectivity index (χ4v) is 3.32. The molecule has 0 spiro atoms. The molecule has 22 heavy (non-hydrogen) atoms. The number of hydrogen-bond acceptors (Lipinski definition) is 4. The van der Waals surface area contributed by atoms with Crippen molar-refractivity contribution in [2.45, 2.75) is 6.92 Å². The van der Waals surface area contributed by atoms with Gasteiger partial charge in [-0.2, -0.15) is 0 Å². The molecule has 2 aromatic rings. The monoisotopic (exact) mass is 335 g/mol. The molecule has 4 nitrogen and oxygen atoms in total. The van der Waals surface area contributed by atoms with E-state index in [1.807, 2.05) is 42.6 Å². The summed E-state index contributed by atoms with van der Waals surface area (Å²) in [5.74, 6) is -0.301. The van der Waals surface area contributed by atoms with E-state index in [2.05, 4.69) is 5.32 Å². The third kappa shape index (κ3) is 4.61. The van der Waals surface area contributed by atoms with Crippen LogP contribution in [0.4, 0.5) is 0 Å². The lowest BCUT2D eigenvalue weighted by Gasteiger charge is -2.06. The fraction of sp³-hybridized carbons (Fsp3) is 0.250. The zero-order valence-electron chi connectivity index (χ0n) is 12.2. The largest absolute Gasteiger partial charge is 0.481 e. The van der Waals surface area contributed by atoms with Crippen LogP contribution in [0.2, 0.25) is 0 Å². The minimum Gasteiger partial charge on any atom is -0.481 e. The summed E-state index contributed by atoms with van der Waals surface area (Å²) in [6.07, 6.45) is 0. The first-order chi connectivity index (χ1) is 10.6. The maximum atomic E-state index is 12.2. The molecule has 0 aliphatic heterocycles. The number of carbonyl (C=O) groups is 2. The van der Waals surface area contributed by atoms with Crippen LogP contribution in [0.1, 0.15) is 15.2 Å².